The topological polar surface area (TPSA) is 237 Å². The van der Waals surface area contributed by atoms with Crippen LogP contribution < -0.4 is 0 Å². The van der Waals surface area contributed by atoms with Gasteiger partial charge < -0.3 is 33.8 Å². The second kappa shape index (κ2) is 79.7. The highest BCUT2D eigenvalue weighted by atomic mass is 31.2. The molecule has 0 aliphatic rings. The maximum Gasteiger partial charge on any atom is 0.472 e. The fourth-order valence-electron chi connectivity index (χ4n) is 13.6. The van der Waals surface area contributed by atoms with Crippen LogP contribution in [0.5, 0.6) is 0 Å². The highest BCUT2D eigenvalue weighted by Gasteiger charge is 2.30. The van der Waals surface area contributed by atoms with Gasteiger partial charge in [-0.25, -0.2) is 9.13 Å². The maximum absolute atomic E-state index is 13.1. The number of carbonyl (C=O) groups excluding carboxylic acids is 4. The van der Waals surface area contributed by atoms with E-state index in [0.717, 1.165) is 109 Å². The molecule has 19 heteroatoms. The first kappa shape index (κ1) is 104. The van der Waals surface area contributed by atoms with Crippen LogP contribution in [0.3, 0.4) is 0 Å². The number of hydrogen-bond acceptors (Lipinski definition) is 15. The molecule has 3 N–H and O–H groups in total. The number of aliphatic hydroxyl groups is 1. The van der Waals surface area contributed by atoms with Crippen LogP contribution in [0.4, 0.5) is 0 Å². The molecule has 0 saturated carbocycles. The predicted octanol–water partition coefficient (Wildman–Crippen LogP) is 26.8. The van der Waals surface area contributed by atoms with Gasteiger partial charge in [-0.2, -0.15) is 0 Å². The van der Waals surface area contributed by atoms with Crippen LogP contribution in [0.2, 0.25) is 0 Å². The van der Waals surface area contributed by atoms with Gasteiger partial charge in [-0.3, -0.25) is 37.3 Å². The van der Waals surface area contributed by atoms with E-state index in [2.05, 4.69) is 34.6 Å². The summed E-state index contributed by atoms with van der Waals surface area (Å²) in [6.07, 6.45) is 73.9. The van der Waals surface area contributed by atoms with E-state index < -0.39 is 97.5 Å². The van der Waals surface area contributed by atoms with Gasteiger partial charge in [0.25, 0.3) is 0 Å². The molecule has 17 nitrogen and oxygen atoms in total. The third-order valence-electron chi connectivity index (χ3n) is 20.5. The van der Waals surface area contributed by atoms with Gasteiger partial charge in [0, 0.05) is 25.7 Å². The van der Waals surface area contributed by atoms with E-state index >= 15 is 0 Å². The zero-order valence-electron chi connectivity index (χ0n) is 69.6. The maximum atomic E-state index is 13.1. The van der Waals surface area contributed by atoms with Gasteiger partial charge in [-0.15, -0.1) is 0 Å². The van der Waals surface area contributed by atoms with Crippen LogP contribution in [0.25, 0.3) is 0 Å². The number of unbranched alkanes of at least 4 members (excludes halogenated alkanes) is 59. The molecule has 0 aromatic carbocycles. The molecule has 0 saturated heterocycles. The lowest BCUT2D eigenvalue weighted by Crippen LogP contribution is -2.30. The Morgan fingerprint density at radius 2 is 0.434 bits per heavy atom. The first-order valence-electron chi connectivity index (χ1n) is 45.1. The standard InChI is InChI=1S/C87H170O17P2/c1-6-9-12-15-18-20-22-24-26-28-29-30-31-32-37-41-45-49-53-58-63-68-73-87(92)104-83(77-98-85(90)71-66-61-56-51-47-43-40-36-34-33-35-38-42-46-50-55-59-64-69-80(4)5)79-102-106(95,96)100-75-81(88)74-99-105(93,94)101-78-82(76-97-84(89)70-65-60-54-17-14-11-8-3)103-86(91)72-67-62-57-52-48-44-39-27-25-23-21-19-16-13-10-7-2/h80-83,88H,6-79H2,1-5H3,(H,93,94)(H,95,96)/t81-,82+,83+/m0/s1. The lowest BCUT2D eigenvalue weighted by atomic mass is 10.0. The highest BCUT2D eigenvalue weighted by Crippen LogP contribution is 2.45. The Balaban J connectivity index is 5.15. The summed E-state index contributed by atoms with van der Waals surface area (Å²) in [6, 6.07) is 0. The zero-order chi connectivity index (χ0) is 77.6. The fourth-order valence-corrected chi connectivity index (χ4v) is 15.2. The first-order chi connectivity index (χ1) is 51.5. The minimum Gasteiger partial charge on any atom is -0.462 e. The summed E-state index contributed by atoms with van der Waals surface area (Å²) < 4.78 is 68.8. The molecule has 0 radical (unpaired) electrons. The third-order valence-corrected chi connectivity index (χ3v) is 22.4. The summed E-state index contributed by atoms with van der Waals surface area (Å²) in [5.41, 5.74) is 0. The van der Waals surface area contributed by atoms with Crippen molar-refractivity contribution in [1.29, 1.82) is 0 Å². The second-order valence-electron chi connectivity index (χ2n) is 31.8. The number of carbonyl (C=O) groups is 4. The van der Waals surface area contributed by atoms with Crippen molar-refractivity contribution in [3.8, 4) is 0 Å². The van der Waals surface area contributed by atoms with Crippen molar-refractivity contribution < 1.29 is 80.2 Å². The summed E-state index contributed by atoms with van der Waals surface area (Å²) in [6.45, 7) is 7.36. The summed E-state index contributed by atoms with van der Waals surface area (Å²) in [7, 11) is -9.92. The van der Waals surface area contributed by atoms with Crippen molar-refractivity contribution in [3.63, 3.8) is 0 Å². The molecule has 0 bridgehead atoms. The van der Waals surface area contributed by atoms with E-state index in [9.17, 15) is 43.2 Å². The lowest BCUT2D eigenvalue weighted by Gasteiger charge is -2.21. The summed E-state index contributed by atoms with van der Waals surface area (Å²) in [4.78, 5) is 73.1. The lowest BCUT2D eigenvalue weighted by molar-refractivity contribution is -0.161. The van der Waals surface area contributed by atoms with Crippen LogP contribution in [0, 0.1) is 5.92 Å². The second-order valence-corrected chi connectivity index (χ2v) is 34.7. The molecule has 0 aliphatic carbocycles. The van der Waals surface area contributed by atoms with Gasteiger partial charge >= 0.3 is 39.5 Å². The molecule has 5 atom stereocenters. The molecule has 106 heavy (non-hydrogen) atoms. The van der Waals surface area contributed by atoms with Gasteiger partial charge in [0.05, 0.1) is 26.4 Å². The Morgan fingerprint density at radius 3 is 0.642 bits per heavy atom. The van der Waals surface area contributed by atoms with Gasteiger partial charge in [0.1, 0.15) is 19.3 Å². The van der Waals surface area contributed by atoms with E-state index in [4.69, 9.17) is 37.0 Å². The SMILES string of the molecule is CCCCCCCCCCCCCCCCCCCCCCCCC(=O)O[C@H](COC(=O)CCCCCCCCCCCCCCCCCCCCC(C)C)COP(=O)(O)OC[C@@H](O)COP(=O)(O)OC[C@@H](COC(=O)CCCCCCCCC)OC(=O)CCCCCCCCCCCCCCCCCC. The minimum absolute atomic E-state index is 0.108. The summed E-state index contributed by atoms with van der Waals surface area (Å²) in [5, 5.41) is 10.7. The molecule has 0 amide bonds. The fraction of sp³-hybridized carbons (Fsp3) is 0.954. The normalized spacial score (nSPS) is 13.7. The van der Waals surface area contributed by atoms with Gasteiger partial charge in [-0.1, -0.05) is 420 Å². The van der Waals surface area contributed by atoms with E-state index in [1.807, 2.05) is 0 Å². The van der Waals surface area contributed by atoms with Crippen LogP contribution >= 0.6 is 15.6 Å². The zero-order valence-corrected chi connectivity index (χ0v) is 71.4. The van der Waals surface area contributed by atoms with Crippen LogP contribution in [-0.2, 0) is 65.4 Å². The number of rotatable bonds is 87. The molecule has 630 valence electrons. The Morgan fingerprint density at radius 1 is 0.255 bits per heavy atom. The number of phosphoric acid groups is 2. The first-order valence-corrected chi connectivity index (χ1v) is 48.1. The van der Waals surface area contributed by atoms with E-state index in [-0.39, 0.29) is 25.7 Å². The molecule has 0 aromatic rings. The molecule has 2 unspecified atom stereocenters. The Labute approximate surface area is 651 Å². The molecular weight excluding hydrogens is 1380 g/mol. The quantitative estimate of drug-likeness (QED) is 0.0222. The van der Waals surface area contributed by atoms with Crippen molar-refractivity contribution >= 4 is 39.5 Å². The van der Waals surface area contributed by atoms with Gasteiger partial charge in [-0.05, 0) is 31.6 Å². The molecule has 0 heterocycles. The highest BCUT2D eigenvalue weighted by molar-refractivity contribution is 7.47. The minimum atomic E-state index is -4.96. The van der Waals surface area contributed by atoms with Crippen LogP contribution in [0.15, 0.2) is 0 Å². The largest absolute Gasteiger partial charge is 0.472 e. The number of ether oxygens (including phenoxy) is 4. The number of hydrogen-bond donors (Lipinski definition) is 3. The van der Waals surface area contributed by atoms with Crippen molar-refractivity contribution in [3.05, 3.63) is 0 Å². The number of phosphoric ester groups is 2. The number of aliphatic hydroxyl groups excluding tert-OH is 1. The molecule has 0 spiro atoms. The molecular formula is C87H170O17P2. The van der Waals surface area contributed by atoms with Gasteiger partial charge in [0.15, 0.2) is 12.2 Å². The van der Waals surface area contributed by atoms with Crippen LogP contribution in [0.1, 0.15) is 471 Å². The molecule has 0 aromatic heterocycles. The summed E-state index contributed by atoms with van der Waals surface area (Å²) >= 11 is 0. The van der Waals surface area contributed by atoms with Crippen molar-refractivity contribution in [2.24, 2.45) is 5.92 Å². The summed E-state index contributed by atoms with van der Waals surface area (Å²) in [5.74, 6) is -1.28. The predicted molar refractivity (Wildman–Crippen MR) is 437 cm³/mol. The van der Waals surface area contributed by atoms with E-state index in [0.29, 0.717) is 25.7 Å². The van der Waals surface area contributed by atoms with Gasteiger partial charge in [0.2, 0.25) is 0 Å². The smallest absolute Gasteiger partial charge is 0.462 e. The molecule has 0 fully saturated rings. The van der Waals surface area contributed by atoms with E-state index in [1.54, 1.807) is 0 Å². The van der Waals surface area contributed by atoms with Crippen molar-refractivity contribution in [1.82, 2.24) is 0 Å². The average Bonchev–Trinajstić information content (AvgIpc) is 0.901. The van der Waals surface area contributed by atoms with Crippen molar-refractivity contribution in [2.45, 2.75) is 490 Å². The van der Waals surface area contributed by atoms with Crippen molar-refractivity contribution in [2.75, 3.05) is 39.6 Å². The Kier molecular flexibility index (Phi) is 78.2. The molecule has 0 rings (SSSR count). The van der Waals surface area contributed by atoms with Crippen LogP contribution in [-0.4, -0.2) is 96.7 Å². The average molecular weight is 1550 g/mol. The monoisotopic (exact) mass is 1550 g/mol. The van der Waals surface area contributed by atoms with E-state index in [1.165, 1.54) is 283 Å². The Bertz CT molecular complexity index is 2010. The molecule has 0 aliphatic heterocycles. The number of esters is 4. The third kappa shape index (κ3) is 80.1. The Hall–Kier alpha value is -1.94.